The maximum absolute atomic E-state index is 11.6. The Morgan fingerprint density at radius 3 is 2.43 bits per heavy atom. The van der Waals surface area contributed by atoms with Crippen LogP contribution in [-0.4, -0.2) is 23.0 Å². The van der Waals surface area contributed by atoms with Crippen molar-refractivity contribution in [3.63, 3.8) is 0 Å². The minimum atomic E-state index is -0.992. The van der Waals surface area contributed by atoms with E-state index in [4.69, 9.17) is 28.3 Å². The highest BCUT2D eigenvalue weighted by Crippen LogP contribution is 2.28. The Labute approximate surface area is 131 Å². The molecule has 0 aliphatic carbocycles. The fourth-order valence-corrected chi connectivity index (χ4v) is 1.91. The van der Waals surface area contributed by atoms with Crippen LogP contribution >= 0.6 is 23.2 Å². The molecule has 0 unspecified atom stereocenters. The molecule has 0 bridgehead atoms. The molecule has 0 heterocycles. The van der Waals surface area contributed by atoms with Crippen molar-refractivity contribution in [3.05, 3.63) is 27.7 Å². The molecule has 3 amide bonds. The summed E-state index contributed by atoms with van der Waals surface area (Å²) in [6.07, 6.45) is -0.0257. The first-order valence-corrected chi connectivity index (χ1v) is 6.83. The molecule has 0 radical (unpaired) electrons. The van der Waals surface area contributed by atoms with Gasteiger partial charge in [-0.1, -0.05) is 23.2 Å². The summed E-state index contributed by atoms with van der Waals surface area (Å²) in [6.45, 7) is 1.77. The van der Waals surface area contributed by atoms with Gasteiger partial charge in [0.05, 0.1) is 10.7 Å². The van der Waals surface area contributed by atoms with Crippen LogP contribution in [0.3, 0.4) is 0 Å². The Morgan fingerprint density at radius 1 is 1.14 bits per heavy atom. The number of carboxylic acids is 1. The molecule has 0 aliphatic rings. The van der Waals surface area contributed by atoms with Crippen LogP contribution in [0.5, 0.6) is 0 Å². The molecule has 3 N–H and O–H groups in total. The van der Waals surface area contributed by atoms with Gasteiger partial charge in [-0.3, -0.25) is 14.9 Å². The predicted octanol–water partition coefficient (Wildman–Crippen LogP) is 3.20. The summed E-state index contributed by atoms with van der Waals surface area (Å²) < 4.78 is 0. The van der Waals surface area contributed by atoms with Crippen molar-refractivity contribution in [2.75, 3.05) is 5.32 Å². The summed E-state index contributed by atoms with van der Waals surface area (Å²) in [6, 6.07) is 2.32. The zero-order chi connectivity index (χ0) is 16.0. The zero-order valence-corrected chi connectivity index (χ0v) is 12.7. The maximum atomic E-state index is 11.6. The van der Waals surface area contributed by atoms with E-state index in [0.29, 0.717) is 10.0 Å². The van der Waals surface area contributed by atoms with Crippen LogP contribution in [0.2, 0.25) is 10.0 Å². The zero-order valence-electron chi connectivity index (χ0n) is 11.2. The molecule has 6 nitrogen and oxygen atoms in total. The van der Waals surface area contributed by atoms with E-state index in [1.807, 2.05) is 0 Å². The molecule has 114 valence electrons. The monoisotopic (exact) mass is 332 g/mol. The van der Waals surface area contributed by atoms with Crippen LogP contribution in [0.15, 0.2) is 12.1 Å². The molecular formula is C13H14Cl2N2O4. The summed E-state index contributed by atoms with van der Waals surface area (Å²) in [5, 5.41) is 13.7. The number of hydrogen-bond acceptors (Lipinski definition) is 3. The van der Waals surface area contributed by atoms with Gasteiger partial charge in [0.25, 0.3) is 0 Å². The van der Waals surface area contributed by atoms with Crippen molar-refractivity contribution in [3.8, 4) is 0 Å². The highest BCUT2D eigenvalue weighted by atomic mass is 35.5. The number of hydrogen-bond donors (Lipinski definition) is 3. The van der Waals surface area contributed by atoms with Gasteiger partial charge >= 0.3 is 12.0 Å². The van der Waals surface area contributed by atoms with Crippen LogP contribution in [0.4, 0.5) is 10.5 Å². The molecule has 8 heteroatoms. The predicted molar refractivity (Wildman–Crippen MR) is 79.8 cm³/mol. The fraction of sp³-hybridized carbons (Fsp3) is 0.308. The van der Waals surface area contributed by atoms with Crippen LogP contribution in [0, 0.1) is 6.92 Å². The van der Waals surface area contributed by atoms with Gasteiger partial charge in [0.15, 0.2) is 0 Å². The molecule has 0 aromatic heterocycles. The van der Waals surface area contributed by atoms with Gasteiger partial charge in [0.2, 0.25) is 5.91 Å². The van der Waals surface area contributed by atoms with E-state index < -0.39 is 17.9 Å². The third-order valence-electron chi connectivity index (χ3n) is 2.54. The average Bonchev–Trinajstić information content (AvgIpc) is 2.35. The summed E-state index contributed by atoms with van der Waals surface area (Å²) in [5.74, 6) is -1.56. The van der Waals surface area contributed by atoms with Crippen molar-refractivity contribution < 1.29 is 19.5 Å². The molecule has 0 saturated carbocycles. The number of urea groups is 1. The molecule has 1 aromatic carbocycles. The van der Waals surface area contributed by atoms with Crippen molar-refractivity contribution in [1.29, 1.82) is 0 Å². The normalized spacial score (nSPS) is 10.0. The van der Waals surface area contributed by atoms with Crippen molar-refractivity contribution >= 4 is 46.8 Å². The van der Waals surface area contributed by atoms with Crippen LogP contribution in [0.1, 0.15) is 24.8 Å². The largest absolute Gasteiger partial charge is 0.481 e. The van der Waals surface area contributed by atoms with Gasteiger partial charge in [-0.2, -0.15) is 0 Å². The fourth-order valence-electron chi connectivity index (χ4n) is 1.48. The van der Waals surface area contributed by atoms with Crippen LogP contribution < -0.4 is 10.6 Å². The standard InChI is InChI=1S/C13H14Cl2N2O4/c1-7-5-9(15)10(6-8(7)14)16-13(21)17-11(18)3-2-4-12(19)20/h5-6H,2-4H2,1H3,(H,19,20)(H2,16,17,18,21). The van der Waals surface area contributed by atoms with E-state index in [1.165, 1.54) is 6.07 Å². The first-order valence-electron chi connectivity index (χ1n) is 6.08. The SMILES string of the molecule is Cc1cc(Cl)c(NC(=O)NC(=O)CCCC(=O)O)cc1Cl. The highest BCUT2D eigenvalue weighted by molar-refractivity contribution is 6.36. The number of carboxylic acid groups (broad SMARTS) is 1. The Bertz CT molecular complexity index is 576. The Balaban J connectivity index is 2.52. The molecule has 0 atom stereocenters. The van der Waals surface area contributed by atoms with Crippen molar-refractivity contribution in [2.45, 2.75) is 26.2 Å². The summed E-state index contributed by atoms with van der Waals surface area (Å²) in [4.78, 5) is 33.3. The average molecular weight is 333 g/mol. The summed E-state index contributed by atoms with van der Waals surface area (Å²) in [5.41, 5.74) is 1.04. The number of amides is 3. The first kappa shape index (κ1) is 17.3. The summed E-state index contributed by atoms with van der Waals surface area (Å²) >= 11 is 11.9. The van der Waals surface area contributed by atoms with Gasteiger partial charge in [0.1, 0.15) is 0 Å². The molecule has 1 rings (SSSR count). The van der Waals surface area contributed by atoms with Crippen molar-refractivity contribution in [2.24, 2.45) is 0 Å². The highest BCUT2D eigenvalue weighted by Gasteiger charge is 2.11. The van der Waals surface area contributed by atoms with E-state index in [9.17, 15) is 14.4 Å². The van der Waals surface area contributed by atoms with Gasteiger partial charge < -0.3 is 10.4 Å². The number of halogens is 2. The van der Waals surface area contributed by atoms with Crippen molar-refractivity contribution in [1.82, 2.24) is 5.32 Å². The second-order valence-electron chi connectivity index (χ2n) is 4.33. The minimum absolute atomic E-state index is 0.0535. The molecule has 1 aromatic rings. The van der Waals surface area contributed by atoms with Gasteiger partial charge in [-0.15, -0.1) is 0 Å². The Morgan fingerprint density at radius 2 is 1.81 bits per heavy atom. The number of anilines is 1. The number of carbonyl (C=O) groups excluding carboxylic acids is 2. The van der Waals surface area contributed by atoms with E-state index >= 15 is 0 Å². The van der Waals surface area contributed by atoms with Gasteiger partial charge in [0, 0.05) is 17.9 Å². The summed E-state index contributed by atoms with van der Waals surface area (Å²) in [7, 11) is 0. The molecule has 21 heavy (non-hydrogen) atoms. The molecular weight excluding hydrogens is 319 g/mol. The number of aryl methyl sites for hydroxylation is 1. The quantitative estimate of drug-likeness (QED) is 0.771. The maximum Gasteiger partial charge on any atom is 0.325 e. The number of aliphatic carboxylic acids is 1. The second-order valence-corrected chi connectivity index (χ2v) is 5.15. The van der Waals surface area contributed by atoms with Crippen LogP contribution in [0.25, 0.3) is 0 Å². The number of nitrogens with one attached hydrogen (secondary N) is 2. The number of benzene rings is 1. The van der Waals surface area contributed by atoms with Gasteiger partial charge in [-0.25, -0.2) is 4.79 Å². The minimum Gasteiger partial charge on any atom is -0.481 e. The Kier molecular flexibility index (Phi) is 6.45. The van der Waals surface area contributed by atoms with Gasteiger partial charge in [-0.05, 0) is 31.0 Å². The van der Waals surface area contributed by atoms with E-state index in [-0.39, 0.29) is 24.9 Å². The topological polar surface area (TPSA) is 95.5 Å². The number of carbonyl (C=O) groups is 3. The van der Waals surface area contributed by atoms with E-state index in [0.717, 1.165) is 5.56 Å². The lowest BCUT2D eigenvalue weighted by atomic mass is 10.2. The van der Waals surface area contributed by atoms with E-state index in [1.54, 1.807) is 13.0 Å². The third kappa shape index (κ3) is 6.01. The lowest BCUT2D eigenvalue weighted by Crippen LogP contribution is -2.34. The lowest BCUT2D eigenvalue weighted by molar-refractivity contribution is -0.137. The number of imide groups is 1. The number of rotatable bonds is 5. The molecule has 0 fully saturated rings. The molecule has 0 aliphatic heterocycles. The third-order valence-corrected chi connectivity index (χ3v) is 3.26. The Hall–Kier alpha value is -1.79. The lowest BCUT2D eigenvalue weighted by Gasteiger charge is -2.10. The van der Waals surface area contributed by atoms with Crippen LogP contribution in [-0.2, 0) is 9.59 Å². The molecule has 0 spiro atoms. The first-order chi connectivity index (χ1) is 9.79. The second kappa shape index (κ2) is 7.85. The smallest absolute Gasteiger partial charge is 0.325 e. The molecule has 0 saturated heterocycles. The van der Waals surface area contributed by atoms with E-state index in [2.05, 4.69) is 10.6 Å².